The van der Waals surface area contributed by atoms with Gasteiger partial charge in [0.25, 0.3) is 0 Å². The smallest absolute Gasteiger partial charge is 0.205 e. The molecule has 4 aromatic rings. The highest BCUT2D eigenvalue weighted by Gasteiger charge is 2.07. The van der Waals surface area contributed by atoms with Gasteiger partial charge in [-0.15, -0.1) is 0 Å². The standard InChI is InChI=1S/C24H22N4/c1-27-17-7-5-9-19(27)13-15-23-24(16-14-20-10-6-8-18-28(20)2)26-22-12-4-3-11-21(22)25-23/h3-18H,1-2H3/q+2. The van der Waals surface area contributed by atoms with E-state index in [1.54, 1.807) is 0 Å². The Hall–Kier alpha value is -3.66. The van der Waals surface area contributed by atoms with E-state index in [9.17, 15) is 0 Å². The van der Waals surface area contributed by atoms with Crippen LogP contribution < -0.4 is 9.13 Å². The van der Waals surface area contributed by atoms with Gasteiger partial charge in [0.1, 0.15) is 14.1 Å². The first-order chi connectivity index (χ1) is 13.7. The fourth-order valence-electron chi connectivity index (χ4n) is 3.02. The van der Waals surface area contributed by atoms with Crippen LogP contribution in [-0.2, 0) is 14.1 Å². The first-order valence-corrected chi connectivity index (χ1v) is 9.23. The van der Waals surface area contributed by atoms with Crippen LogP contribution in [0, 0.1) is 0 Å². The molecule has 4 rings (SSSR count). The second-order valence-corrected chi connectivity index (χ2v) is 6.62. The summed E-state index contributed by atoms with van der Waals surface area (Å²) in [5, 5.41) is 0. The van der Waals surface area contributed by atoms with Gasteiger partial charge in [-0.1, -0.05) is 12.1 Å². The van der Waals surface area contributed by atoms with Crippen molar-refractivity contribution < 1.29 is 9.13 Å². The van der Waals surface area contributed by atoms with Crippen molar-refractivity contribution in [2.24, 2.45) is 14.1 Å². The Kier molecular flexibility index (Phi) is 5.02. The van der Waals surface area contributed by atoms with Gasteiger partial charge < -0.3 is 0 Å². The van der Waals surface area contributed by atoms with Crippen molar-refractivity contribution in [3.05, 3.63) is 95.8 Å². The molecule has 1 aromatic carbocycles. The van der Waals surface area contributed by atoms with Crippen LogP contribution in [0.4, 0.5) is 0 Å². The van der Waals surface area contributed by atoms with Crippen molar-refractivity contribution in [2.75, 3.05) is 0 Å². The minimum atomic E-state index is 0.845. The van der Waals surface area contributed by atoms with Crippen molar-refractivity contribution in [1.29, 1.82) is 0 Å². The van der Waals surface area contributed by atoms with Gasteiger partial charge in [-0.05, 0) is 36.4 Å². The number of aromatic nitrogens is 4. The SMILES string of the molecule is C[n+]1ccccc1C=Cc1nc2ccccc2nc1C=Cc1cccc[n+]1C. The Labute approximate surface area is 164 Å². The lowest BCUT2D eigenvalue weighted by Crippen LogP contribution is -2.30. The molecule has 0 radical (unpaired) electrons. The van der Waals surface area contributed by atoms with Crippen LogP contribution in [0.15, 0.2) is 73.1 Å². The molecule has 28 heavy (non-hydrogen) atoms. The third-order valence-electron chi connectivity index (χ3n) is 4.64. The van der Waals surface area contributed by atoms with Gasteiger partial charge in [-0.25, -0.2) is 19.1 Å². The van der Waals surface area contributed by atoms with E-state index in [0.717, 1.165) is 33.8 Å². The number of fused-ring (bicyclic) bond motifs is 1. The number of hydrogen-bond acceptors (Lipinski definition) is 2. The van der Waals surface area contributed by atoms with E-state index in [1.807, 2.05) is 87.2 Å². The maximum atomic E-state index is 4.84. The summed E-state index contributed by atoms with van der Waals surface area (Å²) in [6.07, 6.45) is 12.3. The topological polar surface area (TPSA) is 33.5 Å². The molecule has 4 nitrogen and oxygen atoms in total. The van der Waals surface area contributed by atoms with Gasteiger partial charge in [-0.2, -0.15) is 0 Å². The molecule has 0 atom stereocenters. The van der Waals surface area contributed by atoms with E-state index in [4.69, 9.17) is 9.97 Å². The molecule has 0 bridgehead atoms. The summed E-state index contributed by atoms with van der Waals surface area (Å²) in [5.41, 5.74) is 5.67. The lowest BCUT2D eigenvalue weighted by Gasteiger charge is -2.03. The third kappa shape index (κ3) is 3.86. The van der Waals surface area contributed by atoms with Crippen molar-refractivity contribution in [2.45, 2.75) is 0 Å². The minimum absolute atomic E-state index is 0.845. The summed E-state index contributed by atoms with van der Waals surface area (Å²) >= 11 is 0. The average Bonchev–Trinajstić information content (AvgIpc) is 2.72. The average molecular weight is 366 g/mol. The van der Waals surface area contributed by atoms with Crippen LogP contribution >= 0.6 is 0 Å². The molecule has 0 aliphatic heterocycles. The summed E-state index contributed by atoms with van der Waals surface area (Å²) in [6, 6.07) is 20.2. The largest absolute Gasteiger partial charge is 0.245 e. The molecule has 0 unspecified atom stereocenters. The lowest BCUT2D eigenvalue weighted by molar-refractivity contribution is -0.673. The summed E-state index contributed by atoms with van der Waals surface area (Å²) < 4.78 is 4.15. The molecular formula is C24H22N4+2. The highest BCUT2D eigenvalue weighted by atomic mass is 14.9. The fourth-order valence-corrected chi connectivity index (χ4v) is 3.02. The zero-order chi connectivity index (χ0) is 19.3. The number of nitrogens with zero attached hydrogens (tertiary/aromatic N) is 4. The van der Waals surface area contributed by atoms with Crippen LogP contribution in [-0.4, -0.2) is 9.97 Å². The summed E-state index contributed by atoms with van der Waals surface area (Å²) in [6.45, 7) is 0. The van der Waals surface area contributed by atoms with Gasteiger partial charge in [0.05, 0.1) is 22.4 Å². The number of hydrogen-bond donors (Lipinski definition) is 0. The van der Waals surface area contributed by atoms with Crippen molar-refractivity contribution in [3.8, 4) is 0 Å². The third-order valence-corrected chi connectivity index (χ3v) is 4.64. The van der Waals surface area contributed by atoms with Gasteiger partial charge in [0.15, 0.2) is 12.4 Å². The Bertz CT molecular complexity index is 1100. The second-order valence-electron chi connectivity index (χ2n) is 6.62. The molecular weight excluding hydrogens is 344 g/mol. The van der Waals surface area contributed by atoms with Gasteiger partial charge in [0.2, 0.25) is 11.4 Å². The van der Waals surface area contributed by atoms with E-state index in [0.29, 0.717) is 0 Å². The van der Waals surface area contributed by atoms with Crippen molar-refractivity contribution in [3.63, 3.8) is 0 Å². The van der Waals surface area contributed by atoms with Crippen LogP contribution in [0.5, 0.6) is 0 Å². The van der Waals surface area contributed by atoms with E-state index in [2.05, 4.69) is 33.4 Å². The summed E-state index contributed by atoms with van der Waals surface area (Å²) in [4.78, 5) is 9.68. The first kappa shape index (κ1) is 17.7. The zero-order valence-corrected chi connectivity index (χ0v) is 16.0. The molecule has 0 saturated carbocycles. The molecule has 0 amide bonds. The fraction of sp³-hybridized carbons (Fsp3) is 0.0833. The van der Waals surface area contributed by atoms with Crippen LogP contribution in [0.2, 0.25) is 0 Å². The minimum Gasteiger partial charge on any atom is -0.245 e. The van der Waals surface area contributed by atoms with Crippen molar-refractivity contribution >= 4 is 35.3 Å². The number of rotatable bonds is 4. The van der Waals surface area contributed by atoms with Crippen LogP contribution in [0.1, 0.15) is 22.8 Å². The quantitative estimate of drug-likeness (QED) is 0.517. The molecule has 136 valence electrons. The van der Waals surface area contributed by atoms with Crippen LogP contribution in [0.3, 0.4) is 0 Å². The summed E-state index contributed by atoms with van der Waals surface area (Å²) in [7, 11) is 4.06. The molecule has 0 spiro atoms. The molecule has 4 heteroatoms. The molecule has 0 N–H and O–H groups in total. The Morgan fingerprint density at radius 3 is 1.43 bits per heavy atom. The van der Waals surface area contributed by atoms with Crippen LogP contribution in [0.25, 0.3) is 35.3 Å². The van der Waals surface area contributed by atoms with E-state index in [-0.39, 0.29) is 0 Å². The predicted molar refractivity (Wildman–Crippen MR) is 113 cm³/mol. The highest BCUT2D eigenvalue weighted by Crippen LogP contribution is 2.17. The Balaban J connectivity index is 1.79. The molecule has 3 aromatic heterocycles. The molecule has 3 heterocycles. The number of para-hydroxylation sites is 2. The molecule has 0 aliphatic rings. The Morgan fingerprint density at radius 2 is 1.00 bits per heavy atom. The maximum absolute atomic E-state index is 4.84. The monoisotopic (exact) mass is 366 g/mol. The highest BCUT2D eigenvalue weighted by molar-refractivity contribution is 5.81. The van der Waals surface area contributed by atoms with Gasteiger partial charge >= 0.3 is 0 Å². The van der Waals surface area contributed by atoms with E-state index >= 15 is 0 Å². The first-order valence-electron chi connectivity index (χ1n) is 9.23. The van der Waals surface area contributed by atoms with E-state index in [1.165, 1.54) is 0 Å². The van der Waals surface area contributed by atoms with E-state index < -0.39 is 0 Å². The predicted octanol–water partition coefficient (Wildman–Crippen LogP) is 3.62. The number of pyridine rings is 2. The maximum Gasteiger partial charge on any atom is 0.205 e. The second kappa shape index (κ2) is 7.92. The molecule has 0 fully saturated rings. The molecule has 0 saturated heterocycles. The lowest BCUT2D eigenvalue weighted by atomic mass is 10.2. The molecule has 0 aliphatic carbocycles. The van der Waals surface area contributed by atoms with Gasteiger partial charge in [0, 0.05) is 36.4 Å². The summed E-state index contributed by atoms with van der Waals surface area (Å²) in [5.74, 6) is 0. The van der Waals surface area contributed by atoms with Crippen molar-refractivity contribution in [1.82, 2.24) is 9.97 Å². The number of benzene rings is 1. The van der Waals surface area contributed by atoms with Gasteiger partial charge in [-0.3, -0.25) is 0 Å². The normalized spacial score (nSPS) is 11.6. The number of aryl methyl sites for hydroxylation is 2. The Morgan fingerprint density at radius 1 is 0.571 bits per heavy atom. The zero-order valence-electron chi connectivity index (χ0n) is 16.0.